The summed E-state index contributed by atoms with van der Waals surface area (Å²) >= 11 is 7.81. The minimum atomic E-state index is -0.0165. The molecular weight excluding hydrogens is 350 g/mol. The van der Waals surface area contributed by atoms with Gasteiger partial charge in [0.1, 0.15) is 0 Å². The number of para-hydroxylation sites is 1. The molecule has 1 N–H and O–H groups in total. The topological polar surface area (TPSA) is 29.1 Å². The third kappa shape index (κ3) is 3.23. The van der Waals surface area contributed by atoms with Crippen molar-refractivity contribution in [3.8, 4) is 0 Å². The average Bonchev–Trinajstić information content (AvgIpc) is 2.70. The molecule has 2 aromatic rings. The number of benzene rings is 2. The van der Waals surface area contributed by atoms with E-state index in [0.717, 1.165) is 28.9 Å². The largest absolute Gasteiger partial charge is 0.358 e. The van der Waals surface area contributed by atoms with Crippen molar-refractivity contribution in [2.24, 2.45) is 5.41 Å². The standard InChI is InChI=1S/C21H20ClNOS/c1-21(2)11-16-19(17(24)12-21)20(13-7-9-14(22)10-8-13)25-18-6-4-3-5-15(18)23-16/h3-10,20,23H,11-12H2,1-2H3. The zero-order chi connectivity index (χ0) is 17.6. The minimum absolute atomic E-state index is 0.00739. The molecule has 2 aromatic carbocycles. The van der Waals surface area contributed by atoms with Crippen molar-refractivity contribution >= 4 is 34.8 Å². The van der Waals surface area contributed by atoms with Crippen LogP contribution in [0.1, 0.15) is 37.5 Å². The molecule has 0 radical (unpaired) electrons. The number of hydrogen-bond acceptors (Lipinski definition) is 3. The highest BCUT2D eigenvalue weighted by Gasteiger charge is 2.38. The Morgan fingerprint density at radius 3 is 2.56 bits per heavy atom. The summed E-state index contributed by atoms with van der Waals surface area (Å²) in [6.07, 6.45) is 1.47. The van der Waals surface area contributed by atoms with Crippen molar-refractivity contribution in [1.82, 2.24) is 0 Å². The van der Waals surface area contributed by atoms with E-state index in [-0.39, 0.29) is 16.4 Å². The SMILES string of the molecule is CC1(C)CC(=O)C2=C(C1)Nc1ccccc1SC2c1ccc(Cl)cc1. The summed E-state index contributed by atoms with van der Waals surface area (Å²) in [4.78, 5) is 14.2. The van der Waals surface area contributed by atoms with Gasteiger partial charge in [-0.15, -0.1) is 11.8 Å². The number of anilines is 1. The van der Waals surface area contributed by atoms with E-state index in [4.69, 9.17) is 11.6 Å². The number of carbonyl (C=O) groups excluding carboxylic acids is 1. The van der Waals surface area contributed by atoms with Crippen LogP contribution < -0.4 is 5.32 Å². The van der Waals surface area contributed by atoms with Crippen LogP contribution in [0.15, 0.2) is 64.7 Å². The Kier molecular flexibility index (Phi) is 4.17. The van der Waals surface area contributed by atoms with Crippen LogP contribution >= 0.6 is 23.4 Å². The van der Waals surface area contributed by atoms with Gasteiger partial charge in [-0.2, -0.15) is 0 Å². The highest BCUT2D eigenvalue weighted by atomic mass is 35.5. The van der Waals surface area contributed by atoms with Gasteiger partial charge in [-0.05, 0) is 41.7 Å². The van der Waals surface area contributed by atoms with E-state index in [9.17, 15) is 4.79 Å². The van der Waals surface area contributed by atoms with Crippen LogP contribution in [0.25, 0.3) is 0 Å². The maximum Gasteiger partial charge on any atom is 0.162 e. The lowest BCUT2D eigenvalue weighted by molar-refractivity contribution is -0.118. The second kappa shape index (κ2) is 6.22. The van der Waals surface area contributed by atoms with Gasteiger partial charge in [0.05, 0.1) is 10.9 Å². The number of rotatable bonds is 1. The molecule has 0 amide bonds. The highest BCUT2D eigenvalue weighted by Crippen LogP contribution is 2.51. The molecule has 0 saturated heterocycles. The molecule has 0 bridgehead atoms. The Morgan fingerprint density at radius 2 is 1.80 bits per heavy atom. The lowest BCUT2D eigenvalue weighted by Crippen LogP contribution is -2.29. The summed E-state index contributed by atoms with van der Waals surface area (Å²) in [5, 5.41) is 4.28. The Balaban J connectivity index is 1.88. The number of thioether (sulfide) groups is 1. The molecule has 1 aliphatic carbocycles. The fraction of sp³-hybridized carbons (Fsp3) is 0.286. The van der Waals surface area contributed by atoms with Crippen LogP contribution in [0.5, 0.6) is 0 Å². The van der Waals surface area contributed by atoms with Crippen LogP contribution in [-0.4, -0.2) is 5.78 Å². The van der Waals surface area contributed by atoms with Gasteiger partial charge in [-0.25, -0.2) is 0 Å². The number of fused-ring (bicyclic) bond motifs is 1. The first-order valence-electron chi connectivity index (χ1n) is 8.47. The molecule has 0 spiro atoms. The zero-order valence-corrected chi connectivity index (χ0v) is 15.9. The van der Waals surface area contributed by atoms with Crippen LogP contribution in [0.2, 0.25) is 5.02 Å². The van der Waals surface area contributed by atoms with Gasteiger partial charge in [0, 0.05) is 27.6 Å². The Hall–Kier alpha value is -1.71. The van der Waals surface area contributed by atoms with Gasteiger partial charge in [0.25, 0.3) is 0 Å². The second-order valence-corrected chi connectivity index (χ2v) is 9.09. The van der Waals surface area contributed by atoms with Crippen LogP contribution in [-0.2, 0) is 4.79 Å². The molecule has 0 fully saturated rings. The summed E-state index contributed by atoms with van der Waals surface area (Å²) < 4.78 is 0. The number of carbonyl (C=O) groups is 1. The summed E-state index contributed by atoms with van der Waals surface area (Å²) in [6.45, 7) is 4.33. The molecule has 1 unspecified atom stereocenters. The molecule has 128 valence electrons. The molecule has 0 aromatic heterocycles. The van der Waals surface area contributed by atoms with Crippen molar-refractivity contribution in [1.29, 1.82) is 0 Å². The first-order valence-corrected chi connectivity index (χ1v) is 9.73. The summed E-state index contributed by atoms with van der Waals surface area (Å²) in [6, 6.07) is 16.1. The highest BCUT2D eigenvalue weighted by molar-refractivity contribution is 8.00. The van der Waals surface area contributed by atoms with E-state index >= 15 is 0 Å². The molecule has 1 atom stereocenters. The van der Waals surface area contributed by atoms with E-state index in [0.29, 0.717) is 11.4 Å². The number of halogens is 1. The lowest BCUT2D eigenvalue weighted by atomic mass is 9.74. The molecule has 2 aliphatic rings. The normalized spacial score (nSPS) is 21.9. The number of nitrogens with one attached hydrogen (secondary N) is 1. The zero-order valence-electron chi connectivity index (χ0n) is 14.3. The smallest absolute Gasteiger partial charge is 0.162 e. The quantitative estimate of drug-likeness (QED) is 0.644. The Labute approximate surface area is 157 Å². The Morgan fingerprint density at radius 1 is 1.08 bits per heavy atom. The fourth-order valence-electron chi connectivity index (χ4n) is 3.64. The van der Waals surface area contributed by atoms with Gasteiger partial charge < -0.3 is 5.32 Å². The predicted molar refractivity (Wildman–Crippen MR) is 105 cm³/mol. The van der Waals surface area contributed by atoms with Gasteiger partial charge in [0.15, 0.2) is 5.78 Å². The molecule has 25 heavy (non-hydrogen) atoms. The fourth-order valence-corrected chi connectivity index (χ4v) is 5.11. The average molecular weight is 370 g/mol. The summed E-state index contributed by atoms with van der Waals surface area (Å²) in [5.74, 6) is 0.249. The number of allylic oxidation sites excluding steroid dienone is 1. The van der Waals surface area contributed by atoms with E-state index < -0.39 is 0 Å². The second-order valence-electron chi connectivity index (χ2n) is 7.50. The summed E-state index contributed by atoms with van der Waals surface area (Å²) in [5.41, 5.74) is 4.18. The molecule has 2 nitrogen and oxygen atoms in total. The van der Waals surface area contributed by atoms with Crippen LogP contribution in [0.3, 0.4) is 0 Å². The van der Waals surface area contributed by atoms with Gasteiger partial charge in [-0.1, -0.05) is 49.7 Å². The first-order chi connectivity index (χ1) is 11.9. The van der Waals surface area contributed by atoms with Crippen molar-refractivity contribution in [3.05, 3.63) is 70.4 Å². The van der Waals surface area contributed by atoms with Gasteiger partial charge in [-0.3, -0.25) is 4.79 Å². The molecule has 4 rings (SSSR count). The molecule has 4 heteroatoms. The van der Waals surface area contributed by atoms with Crippen LogP contribution in [0, 0.1) is 5.41 Å². The predicted octanol–water partition coefficient (Wildman–Crippen LogP) is 6.24. The van der Waals surface area contributed by atoms with Crippen LogP contribution in [0.4, 0.5) is 5.69 Å². The maximum absolute atomic E-state index is 13.1. The third-order valence-corrected chi connectivity index (χ3v) is 6.38. The van der Waals surface area contributed by atoms with E-state index in [1.54, 1.807) is 11.8 Å². The first kappa shape index (κ1) is 16.7. The van der Waals surface area contributed by atoms with Crippen molar-refractivity contribution in [3.63, 3.8) is 0 Å². The molecule has 1 aliphatic heterocycles. The van der Waals surface area contributed by atoms with E-state index in [1.165, 1.54) is 4.90 Å². The molecular formula is C21H20ClNOS. The van der Waals surface area contributed by atoms with Crippen molar-refractivity contribution in [2.75, 3.05) is 5.32 Å². The monoisotopic (exact) mass is 369 g/mol. The minimum Gasteiger partial charge on any atom is -0.358 e. The van der Waals surface area contributed by atoms with E-state index in [2.05, 4.69) is 31.3 Å². The third-order valence-electron chi connectivity index (χ3n) is 4.77. The molecule has 1 heterocycles. The van der Waals surface area contributed by atoms with Gasteiger partial charge >= 0.3 is 0 Å². The summed E-state index contributed by atoms with van der Waals surface area (Å²) in [7, 11) is 0. The lowest BCUT2D eigenvalue weighted by Gasteiger charge is -2.33. The van der Waals surface area contributed by atoms with E-state index in [1.807, 2.05) is 36.4 Å². The molecule has 0 saturated carbocycles. The van der Waals surface area contributed by atoms with Crippen molar-refractivity contribution < 1.29 is 4.79 Å². The maximum atomic E-state index is 13.1. The Bertz CT molecular complexity index is 870. The number of hydrogen-bond donors (Lipinski definition) is 1. The van der Waals surface area contributed by atoms with Crippen molar-refractivity contribution in [2.45, 2.75) is 36.8 Å². The van der Waals surface area contributed by atoms with Gasteiger partial charge in [0.2, 0.25) is 0 Å². The number of Topliss-reactive ketones (excluding diaryl/α,β-unsaturated/α-hetero) is 1. The number of ketones is 1.